The Balaban J connectivity index is 2.51. The lowest BCUT2D eigenvalue weighted by molar-refractivity contribution is -0.129. The first kappa shape index (κ1) is 13.8. The molecule has 1 atom stereocenters. The molecule has 0 fully saturated rings. The number of carbonyl (C=O) groups excluding carboxylic acids is 2. The van der Waals surface area contributed by atoms with Crippen LogP contribution in [0.3, 0.4) is 0 Å². The molecule has 1 unspecified atom stereocenters. The maximum atomic E-state index is 12.0. The van der Waals surface area contributed by atoms with Crippen molar-refractivity contribution in [3.8, 4) is 0 Å². The fourth-order valence-electron chi connectivity index (χ4n) is 2.32. The molecular weight excluding hydrogens is 310 g/mol. The van der Waals surface area contributed by atoms with Gasteiger partial charge in [0.15, 0.2) is 11.5 Å². The summed E-state index contributed by atoms with van der Waals surface area (Å²) >= 11 is 3.28. The summed E-state index contributed by atoms with van der Waals surface area (Å²) in [6.07, 6.45) is 0. The highest BCUT2D eigenvalue weighted by Gasteiger charge is 2.41. The number of hydrogen-bond donors (Lipinski definition) is 1. The second-order valence-corrected chi connectivity index (χ2v) is 5.11. The molecule has 0 saturated heterocycles. The second kappa shape index (κ2) is 5.57. The highest BCUT2D eigenvalue weighted by atomic mass is 79.9. The van der Waals surface area contributed by atoms with Crippen LogP contribution in [0.1, 0.15) is 18.5 Å². The highest BCUT2D eigenvalue weighted by molar-refractivity contribution is 9.09. The normalized spacial score (nSPS) is 19.2. The fourth-order valence-corrected chi connectivity index (χ4v) is 2.70. The van der Waals surface area contributed by atoms with Gasteiger partial charge in [0.25, 0.3) is 5.91 Å². The molecule has 1 aromatic carbocycles. The zero-order valence-electron chi connectivity index (χ0n) is 10.5. The van der Waals surface area contributed by atoms with Crippen LogP contribution in [0.25, 0.3) is 0 Å². The molecule has 0 aromatic heterocycles. The monoisotopic (exact) mass is 323 g/mol. The van der Waals surface area contributed by atoms with Crippen molar-refractivity contribution in [3.63, 3.8) is 0 Å². The average Bonchev–Trinajstić information content (AvgIpc) is 2.65. The number of Topliss-reactive ketones (excluding diaryl/α,β-unsaturated/α-hetero) is 1. The number of aliphatic hydroxyl groups is 1. The predicted molar refractivity (Wildman–Crippen MR) is 75.0 cm³/mol. The first-order chi connectivity index (χ1) is 9.07. The molecule has 19 heavy (non-hydrogen) atoms. The van der Waals surface area contributed by atoms with Crippen molar-refractivity contribution in [2.24, 2.45) is 0 Å². The minimum Gasteiger partial charge on any atom is -0.503 e. The molecule has 2 rings (SSSR count). The van der Waals surface area contributed by atoms with Crippen LogP contribution in [0.15, 0.2) is 41.7 Å². The number of aliphatic hydroxyl groups excluding tert-OH is 1. The summed E-state index contributed by atoms with van der Waals surface area (Å²) in [6.45, 7) is 1.80. The molecule has 1 aliphatic rings. The van der Waals surface area contributed by atoms with Crippen LogP contribution in [0.2, 0.25) is 0 Å². The molecular formula is C14H14BrNO3. The van der Waals surface area contributed by atoms with E-state index in [4.69, 9.17) is 0 Å². The number of rotatable bonds is 4. The predicted octanol–water partition coefficient (Wildman–Crippen LogP) is 2.37. The van der Waals surface area contributed by atoms with Crippen molar-refractivity contribution in [1.29, 1.82) is 0 Å². The van der Waals surface area contributed by atoms with Crippen molar-refractivity contribution < 1.29 is 14.7 Å². The fraction of sp³-hybridized carbons (Fsp3) is 0.286. The van der Waals surface area contributed by atoms with Crippen molar-refractivity contribution in [3.05, 3.63) is 47.2 Å². The molecule has 100 valence electrons. The van der Waals surface area contributed by atoms with Gasteiger partial charge >= 0.3 is 0 Å². The summed E-state index contributed by atoms with van der Waals surface area (Å²) in [4.78, 5) is 25.3. The van der Waals surface area contributed by atoms with E-state index in [0.717, 1.165) is 5.56 Å². The number of amides is 1. The minimum atomic E-state index is -0.497. The van der Waals surface area contributed by atoms with Gasteiger partial charge < -0.3 is 10.0 Å². The molecule has 4 nitrogen and oxygen atoms in total. The van der Waals surface area contributed by atoms with Gasteiger partial charge in [-0.25, -0.2) is 0 Å². The molecule has 0 spiro atoms. The van der Waals surface area contributed by atoms with E-state index in [1.807, 2.05) is 30.3 Å². The van der Waals surface area contributed by atoms with E-state index < -0.39 is 17.7 Å². The van der Waals surface area contributed by atoms with Crippen LogP contribution in [0.4, 0.5) is 0 Å². The molecule has 0 aliphatic carbocycles. The lowest BCUT2D eigenvalue weighted by Gasteiger charge is -2.25. The summed E-state index contributed by atoms with van der Waals surface area (Å²) in [5, 5.41) is 10.5. The lowest BCUT2D eigenvalue weighted by Crippen LogP contribution is -2.32. The number of ketones is 1. The van der Waals surface area contributed by atoms with Gasteiger partial charge in [-0.1, -0.05) is 46.3 Å². The molecule has 0 saturated carbocycles. The maximum absolute atomic E-state index is 12.0. The van der Waals surface area contributed by atoms with Crippen molar-refractivity contribution >= 4 is 27.6 Å². The first-order valence-corrected chi connectivity index (χ1v) is 7.06. The number of hydrogen-bond acceptors (Lipinski definition) is 3. The largest absolute Gasteiger partial charge is 0.503 e. The van der Waals surface area contributed by atoms with E-state index in [2.05, 4.69) is 15.9 Å². The molecule has 1 N–H and O–H groups in total. The Bertz CT molecular complexity index is 539. The van der Waals surface area contributed by atoms with Gasteiger partial charge in [-0.15, -0.1) is 0 Å². The standard InChI is InChI=1S/C14H14BrNO3/c1-9(17)11-12(10-5-3-2-4-6-10)16(8-7-15)14(19)13(11)18/h2-6,12,18H,7-8H2,1H3. The number of carbonyl (C=O) groups is 2. The molecule has 0 bridgehead atoms. The van der Waals surface area contributed by atoms with Crippen molar-refractivity contribution in [1.82, 2.24) is 4.90 Å². The van der Waals surface area contributed by atoms with Crippen molar-refractivity contribution in [2.45, 2.75) is 13.0 Å². The van der Waals surface area contributed by atoms with Crippen molar-refractivity contribution in [2.75, 3.05) is 11.9 Å². The smallest absolute Gasteiger partial charge is 0.290 e. The maximum Gasteiger partial charge on any atom is 0.290 e. The van der Waals surface area contributed by atoms with E-state index >= 15 is 0 Å². The number of benzene rings is 1. The zero-order chi connectivity index (χ0) is 14.0. The van der Waals surface area contributed by atoms with Gasteiger partial charge in [0.1, 0.15) is 0 Å². The Morgan fingerprint density at radius 1 is 1.37 bits per heavy atom. The van der Waals surface area contributed by atoms with Gasteiger partial charge in [-0.05, 0) is 12.5 Å². The minimum absolute atomic E-state index is 0.178. The topological polar surface area (TPSA) is 57.6 Å². The molecule has 5 heteroatoms. The van der Waals surface area contributed by atoms with E-state index in [-0.39, 0.29) is 11.4 Å². The number of halogens is 1. The average molecular weight is 324 g/mol. The van der Waals surface area contributed by atoms with Crippen LogP contribution in [-0.4, -0.2) is 33.6 Å². The van der Waals surface area contributed by atoms with Crippen LogP contribution in [0.5, 0.6) is 0 Å². The van der Waals surface area contributed by atoms with Gasteiger partial charge in [-0.3, -0.25) is 9.59 Å². The molecule has 1 aliphatic heterocycles. The third-order valence-electron chi connectivity index (χ3n) is 3.12. The van der Waals surface area contributed by atoms with E-state index in [1.165, 1.54) is 11.8 Å². The highest BCUT2D eigenvalue weighted by Crippen LogP contribution is 2.37. The number of alkyl halides is 1. The van der Waals surface area contributed by atoms with Crippen LogP contribution in [-0.2, 0) is 9.59 Å². The molecule has 0 radical (unpaired) electrons. The first-order valence-electron chi connectivity index (χ1n) is 5.94. The van der Waals surface area contributed by atoms with E-state index in [1.54, 1.807) is 0 Å². The Hall–Kier alpha value is -1.62. The summed E-state index contributed by atoms with van der Waals surface area (Å²) in [7, 11) is 0. The Morgan fingerprint density at radius 2 is 2.00 bits per heavy atom. The third kappa shape index (κ3) is 2.42. The quantitative estimate of drug-likeness (QED) is 0.865. The lowest BCUT2D eigenvalue weighted by atomic mass is 9.97. The summed E-state index contributed by atoms with van der Waals surface area (Å²) < 4.78 is 0. The summed E-state index contributed by atoms with van der Waals surface area (Å²) in [5.74, 6) is -1.20. The van der Waals surface area contributed by atoms with Gasteiger partial charge in [-0.2, -0.15) is 0 Å². The third-order valence-corrected chi connectivity index (χ3v) is 3.48. The number of nitrogens with zero attached hydrogens (tertiary/aromatic N) is 1. The summed E-state index contributed by atoms with van der Waals surface area (Å²) in [6, 6.07) is 8.76. The SMILES string of the molecule is CC(=O)C1=C(O)C(=O)N(CCBr)C1c1ccccc1. The molecule has 1 amide bonds. The molecule has 1 heterocycles. The van der Waals surface area contributed by atoms with Crippen LogP contribution >= 0.6 is 15.9 Å². The zero-order valence-corrected chi connectivity index (χ0v) is 12.1. The Labute approximate surface area is 119 Å². The van der Waals surface area contributed by atoms with E-state index in [9.17, 15) is 14.7 Å². The van der Waals surface area contributed by atoms with E-state index in [0.29, 0.717) is 11.9 Å². The second-order valence-electron chi connectivity index (χ2n) is 4.32. The summed E-state index contributed by atoms with van der Waals surface area (Å²) in [5.41, 5.74) is 1.00. The van der Waals surface area contributed by atoms with Gasteiger partial charge in [0.05, 0.1) is 11.6 Å². The van der Waals surface area contributed by atoms with Gasteiger partial charge in [0, 0.05) is 11.9 Å². The Morgan fingerprint density at radius 3 is 2.53 bits per heavy atom. The Kier molecular flexibility index (Phi) is 4.04. The van der Waals surface area contributed by atoms with Crippen LogP contribution < -0.4 is 0 Å². The van der Waals surface area contributed by atoms with Crippen LogP contribution in [0, 0.1) is 0 Å². The molecule has 1 aromatic rings. The van der Waals surface area contributed by atoms with Gasteiger partial charge in [0.2, 0.25) is 0 Å².